The Balaban J connectivity index is 1.58. The Kier molecular flexibility index (Phi) is 5.77. The molecule has 0 bridgehead atoms. The molecule has 30 heavy (non-hydrogen) atoms. The molecule has 0 radical (unpaired) electrons. The van der Waals surface area contributed by atoms with Crippen molar-refractivity contribution in [2.45, 2.75) is 23.1 Å². The molecule has 0 aromatic heterocycles. The number of benzene rings is 3. The third-order valence-electron chi connectivity index (χ3n) is 4.93. The van der Waals surface area contributed by atoms with Crippen molar-refractivity contribution in [3.05, 3.63) is 77.9 Å². The van der Waals surface area contributed by atoms with Crippen LogP contribution < -0.4 is 15.0 Å². The monoisotopic (exact) mass is 418 g/mol. The maximum atomic E-state index is 13.0. The normalized spacial score (nSPS) is 12.6. The first-order chi connectivity index (χ1) is 14.6. The molecule has 1 N–H and O–H groups in total. The number of nitrogens with one attached hydrogen (secondary N) is 1. The number of hydrogen-bond acceptors (Lipinski definition) is 4. The van der Waals surface area contributed by atoms with Crippen LogP contribution in [0.2, 0.25) is 0 Å². The molecule has 152 valence electrons. The molecule has 0 aliphatic carbocycles. The first-order valence-corrected chi connectivity index (χ1v) is 10.6. The molecule has 0 saturated carbocycles. The molecule has 4 rings (SSSR count). The summed E-state index contributed by atoms with van der Waals surface area (Å²) in [5, 5.41) is 2.97. The molecule has 0 spiro atoms. The first kappa shape index (κ1) is 20.0. The van der Waals surface area contributed by atoms with E-state index in [2.05, 4.69) is 5.32 Å². The summed E-state index contributed by atoms with van der Waals surface area (Å²) < 4.78 is 5.22. The Morgan fingerprint density at radius 2 is 1.87 bits per heavy atom. The van der Waals surface area contributed by atoms with Crippen molar-refractivity contribution in [1.29, 1.82) is 0 Å². The van der Waals surface area contributed by atoms with Crippen molar-refractivity contribution in [3.63, 3.8) is 0 Å². The van der Waals surface area contributed by atoms with E-state index in [0.717, 1.165) is 26.8 Å². The largest absolute Gasteiger partial charge is 0.497 e. The van der Waals surface area contributed by atoms with Crippen molar-refractivity contribution >= 4 is 35.0 Å². The standard InChI is InChI=1S/C24H22N2O3S/c1-3-26-20-12-11-17(25-23(27)14-16-7-6-8-18(13-16)29-2)15-22(20)30-21-10-5-4-9-19(21)24(26)28/h4-13,15H,3,14H2,1-2H3,(H,25,27). The number of hydrogen-bond donors (Lipinski definition) is 1. The SMILES string of the molecule is CCN1C(=O)c2ccccc2Sc2cc(NC(=O)Cc3cccc(OC)c3)ccc21. The van der Waals surface area contributed by atoms with Gasteiger partial charge in [0.1, 0.15) is 5.75 Å². The van der Waals surface area contributed by atoms with Crippen LogP contribution in [0.1, 0.15) is 22.8 Å². The smallest absolute Gasteiger partial charge is 0.259 e. The van der Waals surface area contributed by atoms with Gasteiger partial charge in [0.25, 0.3) is 5.91 Å². The van der Waals surface area contributed by atoms with Crippen molar-refractivity contribution in [1.82, 2.24) is 0 Å². The van der Waals surface area contributed by atoms with Gasteiger partial charge in [-0.1, -0.05) is 36.0 Å². The minimum Gasteiger partial charge on any atom is -0.497 e. The van der Waals surface area contributed by atoms with Gasteiger partial charge in [-0.25, -0.2) is 0 Å². The number of ether oxygens (including phenoxy) is 1. The minimum atomic E-state index is -0.106. The molecule has 0 unspecified atom stereocenters. The summed E-state index contributed by atoms with van der Waals surface area (Å²) in [6.45, 7) is 2.53. The van der Waals surface area contributed by atoms with Crippen molar-refractivity contribution < 1.29 is 14.3 Å². The Bertz CT molecular complexity index is 1110. The van der Waals surface area contributed by atoms with Crippen LogP contribution in [-0.4, -0.2) is 25.5 Å². The van der Waals surface area contributed by atoms with E-state index in [1.54, 1.807) is 23.8 Å². The summed E-state index contributed by atoms with van der Waals surface area (Å²) in [7, 11) is 1.61. The molecule has 2 amide bonds. The van der Waals surface area contributed by atoms with Crippen LogP contribution in [-0.2, 0) is 11.2 Å². The van der Waals surface area contributed by atoms with Crippen LogP contribution in [0.5, 0.6) is 5.75 Å². The molecule has 1 aliphatic heterocycles. The van der Waals surface area contributed by atoms with Crippen molar-refractivity contribution in [3.8, 4) is 5.75 Å². The molecule has 0 atom stereocenters. The zero-order chi connectivity index (χ0) is 21.1. The lowest BCUT2D eigenvalue weighted by molar-refractivity contribution is -0.115. The van der Waals surface area contributed by atoms with Gasteiger partial charge in [-0.2, -0.15) is 0 Å². The van der Waals surface area contributed by atoms with E-state index >= 15 is 0 Å². The van der Waals surface area contributed by atoms with Crippen LogP contribution in [0.15, 0.2) is 76.5 Å². The topological polar surface area (TPSA) is 58.6 Å². The molecule has 1 heterocycles. The first-order valence-electron chi connectivity index (χ1n) is 9.74. The second kappa shape index (κ2) is 8.63. The van der Waals surface area contributed by atoms with Gasteiger partial charge >= 0.3 is 0 Å². The van der Waals surface area contributed by atoms with Gasteiger partial charge in [0.15, 0.2) is 0 Å². The Morgan fingerprint density at radius 1 is 1.03 bits per heavy atom. The molecule has 0 saturated heterocycles. The van der Waals surface area contributed by atoms with Gasteiger partial charge in [-0.3, -0.25) is 9.59 Å². The number of rotatable bonds is 5. The van der Waals surface area contributed by atoms with Crippen LogP contribution in [0.3, 0.4) is 0 Å². The number of amides is 2. The average Bonchev–Trinajstić information content (AvgIpc) is 2.87. The number of fused-ring (bicyclic) bond motifs is 2. The lowest BCUT2D eigenvalue weighted by atomic mass is 10.1. The second-order valence-electron chi connectivity index (χ2n) is 6.91. The average molecular weight is 419 g/mol. The van der Waals surface area contributed by atoms with Crippen LogP contribution in [0, 0.1) is 0 Å². The van der Waals surface area contributed by atoms with Gasteiger partial charge in [-0.05, 0) is 55.0 Å². The molecule has 3 aromatic rings. The van der Waals surface area contributed by atoms with Crippen LogP contribution >= 0.6 is 11.8 Å². The quantitative estimate of drug-likeness (QED) is 0.633. The Morgan fingerprint density at radius 3 is 2.67 bits per heavy atom. The maximum absolute atomic E-state index is 13.0. The molecular weight excluding hydrogens is 396 g/mol. The Labute approximate surface area is 180 Å². The number of methoxy groups -OCH3 is 1. The summed E-state index contributed by atoms with van der Waals surface area (Å²) in [6, 6.07) is 20.8. The van der Waals surface area contributed by atoms with Gasteiger partial charge in [0.2, 0.25) is 5.91 Å². The van der Waals surface area contributed by atoms with E-state index < -0.39 is 0 Å². The predicted molar refractivity (Wildman–Crippen MR) is 120 cm³/mol. The molecule has 5 nitrogen and oxygen atoms in total. The third-order valence-corrected chi connectivity index (χ3v) is 6.05. The second-order valence-corrected chi connectivity index (χ2v) is 7.99. The molecular formula is C24H22N2O3S. The highest BCUT2D eigenvalue weighted by molar-refractivity contribution is 7.99. The van der Waals surface area contributed by atoms with Crippen molar-refractivity contribution in [2.24, 2.45) is 0 Å². The fraction of sp³-hybridized carbons (Fsp3) is 0.167. The summed E-state index contributed by atoms with van der Waals surface area (Å²) in [4.78, 5) is 29.2. The van der Waals surface area contributed by atoms with Gasteiger partial charge in [0.05, 0.1) is 24.8 Å². The van der Waals surface area contributed by atoms with E-state index in [0.29, 0.717) is 17.8 Å². The fourth-order valence-electron chi connectivity index (χ4n) is 3.49. The lowest BCUT2D eigenvalue weighted by Crippen LogP contribution is -2.30. The summed E-state index contributed by atoms with van der Waals surface area (Å²) in [5.41, 5.74) is 3.14. The van der Waals surface area contributed by atoms with Crippen molar-refractivity contribution in [2.75, 3.05) is 23.9 Å². The molecule has 0 fully saturated rings. The predicted octanol–water partition coefficient (Wildman–Crippen LogP) is 5.01. The number of carbonyl (C=O) groups is 2. The van der Waals surface area contributed by atoms with Crippen LogP contribution in [0.25, 0.3) is 0 Å². The van der Waals surface area contributed by atoms with Gasteiger partial charge in [-0.15, -0.1) is 0 Å². The summed E-state index contributed by atoms with van der Waals surface area (Å²) in [6.07, 6.45) is 0.254. The molecule has 1 aliphatic rings. The van der Waals surface area contributed by atoms with Gasteiger partial charge in [0, 0.05) is 22.0 Å². The van der Waals surface area contributed by atoms with E-state index in [-0.39, 0.29) is 18.2 Å². The number of nitrogens with zero attached hydrogens (tertiary/aromatic N) is 1. The van der Waals surface area contributed by atoms with E-state index in [1.165, 1.54) is 0 Å². The highest BCUT2D eigenvalue weighted by atomic mass is 32.2. The molecule has 3 aromatic carbocycles. The summed E-state index contributed by atoms with van der Waals surface area (Å²) in [5.74, 6) is 0.615. The van der Waals surface area contributed by atoms with E-state index in [4.69, 9.17) is 4.74 Å². The third kappa shape index (κ3) is 4.04. The number of anilines is 2. The zero-order valence-electron chi connectivity index (χ0n) is 16.8. The maximum Gasteiger partial charge on any atom is 0.259 e. The van der Waals surface area contributed by atoms with E-state index in [1.807, 2.05) is 73.7 Å². The highest BCUT2D eigenvalue weighted by Gasteiger charge is 2.26. The molecule has 6 heteroatoms. The highest BCUT2D eigenvalue weighted by Crippen LogP contribution is 2.42. The fourth-order valence-corrected chi connectivity index (χ4v) is 4.61. The van der Waals surface area contributed by atoms with Gasteiger partial charge < -0.3 is 15.0 Å². The zero-order valence-corrected chi connectivity index (χ0v) is 17.7. The minimum absolute atomic E-state index is 0.00541. The number of carbonyl (C=O) groups excluding carboxylic acids is 2. The Hall–Kier alpha value is -3.25. The van der Waals surface area contributed by atoms with E-state index in [9.17, 15) is 9.59 Å². The summed E-state index contributed by atoms with van der Waals surface area (Å²) >= 11 is 1.55. The lowest BCUT2D eigenvalue weighted by Gasteiger charge is -2.21. The van der Waals surface area contributed by atoms with Crippen LogP contribution in [0.4, 0.5) is 11.4 Å².